The second kappa shape index (κ2) is 8.42. The van der Waals surface area contributed by atoms with Gasteiger partial charge in [-0.3, -0.25) is 14.5 Å². The Kier molecular flexibility index (Phi) is 6.02. The Bertz CT molecular complexity index is 1000. The first kappa shape index (κ1) is 24.3. The summed E-state index contributed by atoms with van der Waals surface area (Å²) in [5.74, 6) is -1.07. The zero-order chi connectivity index (χ0) is 25.0. The fourth-order valence-corrected chi connectivity index (χ4v) is 4.99. The summed E-state index contributed by atoms with van der Waals surface area (Å²) in [5.41, 5.74) is 2.59. The Morgan fingerprint density at radius 1 is 1.15 bits per heavy atom. The van der Waals surface area contributed by atoms with E-state index in [-0.39, 0.29) is 25.6 Å². The number of anilines is 1. The number of nitrogens with zero attached hydrogens (tertiary/aromatic N) is 4. The number of benzene rings is 1. The van der Waals surface area contributed by atoms with Gasteiger partial charge >= 0.3 is 12.4 Å². The van der Waals surface area contributed by atoms with Crippen LogP contribution in [-0.4, -0.2) is 65.4 Å². The summed E-state index contributed by atoms with van der Waals surface area (Å²) in [6, 6.07) is 0.124. The Morgan fingerprint density at radius 2 is 1.76 bits per heavy atom. The summed E-state index contributed by atoms with van der Waals surface area (Å²) < 4.78 is 79.3. The van der Waals surface area contributed by atoms with Crippen LogP contribution in [0.1, 0.15) is 30.4 Å². The summed E-state index contributed by atoms with van der Waals surface area (Å²) in [6.45, 7) is 0.544. The number of carbonyl (C=O) groups excluding carboxylic acids is 2. The van der Waals surface area contributed by atoms with Crippen molar-refractivity contribution in [2.75, 3.05) is 24.5 Å². The number of halogens is 6. The van der Waals surface area contributed by atoms with Gasteiger partial charge < -0.3 is 15.5 Å². The van der Waals surface area contributed by atoms with Gasteiger partial charge in [-0.2, -0.15) is 31.6 Å². The zero-order valence-corrected chi connectivity index (χ0v) is 17.7. The van der Waals surface area contributed by atoms with Gasteiger partial charge in [0.25, 0.3) is 0 Å². The van der Waals surface area contributed by atoms with E-state index in [9.17, 15) is 35.9 Å². The largest absolute Gasteiger partial charge is 0.416 e. The molecule has 1 aromatic rings. The molecule has 2 amide bonds. The van der Waals surface area contributed by atoms with Gasteiger partial charge in [0.1, 0.15) is 6.04 Å². The van der Waals surface area contributed by atoms with Crippen LogP contribution in [0.5, 0.6) is 0 Å². The number of carbonyl (C=O) groups is 2. The highest BCUT2D eigenvalue weighted by atomic mass is 19.4. The van der Waals surface area contributed by atoms with Crippen molar-refractivity contribution in [3.63, 3.8) is 0 Å². The van der Waals surface area contributed by atoms with Crippen LogP contribution in [0.2, 0.25) is 0 Å². The molecule has 184 valence electrons. The maximum absolute atomic E-state index is 13.2. The summed E-state index contributed by atoms with van der Waals surface area (Å²) in [5, 5.41) is 9.16. The molecule has 0 unspecified atom stereocenters. The first-order valence-electron chi connectivity index (χ1n) is 10.6. The minimum Gasteiger partial charge on any atom is -0.325 e. The number of nitrogens with two attached hydrogens (primary N) is 1. The highest BCUT2D eigenvalue weighted by Gasteiger charge is 2.51. The van der Waals surface area contributed by atoms with Crippen LogP contribution in [-0.2, 0) is 21.9 Å². The molecule has 1 aromatic carbocycles. The first-order chi connectivity index (χ1) is 15.8. The van der Waals surface area contributed by atoms with Crippen molar-refractivity contribution in [3.8, 4) is 6.07 Å². The van der Waals surface area contributed by atoms with Crippen molar-refractivity contribution < 1.29 is 35.9 Å². The summed E-state index contributed by atoms with van der Waals surface area (Å²) >= 11 is 0. The molecule has 3 heterocycles. The predicted octanol–water partition coefficient (Wildman–Crippen LogP) is 2.36. The molecule has 4 rings (SSSR count). The topological polar surface area (TPSA) is 93.7 Å². The fraction of sp³-hybridized carbons (Fsp3) is 0.571. The lowest BCUT2D eigenvalue weighted by molar-refractivity contribution is -0.143. The van der Waals surface area contributed by atoms with Gasteiger partial charge in [-0.05, 0) is 37.5 Å². The molecular weight excluding hydrogens is 468 g/mol. The molecule has 2 N–H and O–H groups in total. The predicted molar refractivity (Wildman–Crippen MR) is 106 cm³/mol. The maximum atomic E-state index is 13.2. The van der Waals surface area contributed by atoms with E-state index < -0.39 is 65.1 Å². The maximum Gasteiger partial charge on any atom is 0.416 e. The van der Waals surface area contributed by atoms with Gasteiger partial charge in [0.2, 0.25) is 11.8 Å². The van der Waals surface area contributed by atoms with Gasteiger partial charge in [-0.15, -0.1) is 0 Å². The van der Waals surface area contributed by atoms with E-state index in [4.69, 9.17) is 11.0 Å². The quantitative estimate of drug-likeness (QED) is 0.656. The lowest BCUT2D eigenvalue weighted by atomic mass is 10.1. The number of nitriles is 1. The number of hydrogen-bond donors (Lipinski definition) is 1. The summed E-state index contributed by atoms with van der Waals surface area (Å²) in [6.07, 6.45) is -8.62. The van der Waals surface area contributed by atoms with Crippen LogP contribution in [0.4, 0.5) is 32.0 Å². The zero-order valence-electron chi connectivity index (χ0n) is 17.7. The van der Waals surface area contributed by atoms with E-state index >= 15 is 0 Å². The molecular formula is C21H21F6N5O2. The molecule has 0 aromatic heterocycles. The minimum absolute atomic E-state index is 0.00931. The smallest absolute Gasteiger partial charge is 0.325 e. The molecule has 0 aliphatic carbocycles. The van der Waals surface area contributed by atoms with Crippen molar-refractivity contribution in [2.45, 2.75) is 55.8 Å². The number of hydrogen-bond acceptors (Lipinski definition) is 5. The number of amides is 2. The third kappa shape index (κ3) is 4.32. The third-order valence-electron chi connectivity index (χ3n) is 6.55. The SMILES string of the molecule is N#C[C@@H]1CCCN1C(=O)[C@@H](N)CN1C[C@H]2C[C@@H]1C(=O)N2c1cc(C(F)(F)F)cc(C(F)(F)F)c1. The molecule has 3 aliphatic heterocycles. The number of alkyl halides is 6. The minimum atomic E-state index is -5.02. The number of rotatable bonds is 4. The van der Waals surface area contributed by atoms with E-state index in [0.717, 1.165) is 4.90 Å². The summed E-state index contributed by atoms with van der Waals surface area (Å²) in [4.78, 5) is 29.6. The van der Waals surface area contributed by atoms with E-state index in [1.165, 1.54) is 4.90 Å². The molecule has 3 saturated heterocycles. The molecule has 0 saturated carbocycles. The van der Waals surface area contributed by atoms with Crippen LogP contribution >= 0.6 is 0 Å². The van der Waals surface area contributed by atoms with Gasteiger partial charge in [0.15, 0.2) is 0 Å². The average Bonchev–Trinajstić information content (AvgIpc) is 3.45. The second-order valence-electron chi connectivity index (χ2n) is 8.76. The Balaban J connectivity index is 1.51. The molecule has 3 fully saturated rings. The highest BCUT2D eigenvalue weighted by Crippen LogP contribution is 2.42. The number of likely N-dealkylation sites (tertiary alicyclic amines) is 2. The monoisotopic (exact) mass is 489 g/mol. The normalized spacial score (nSPS) is 26.3. The molecule has 4 atom stereocenters. The van der Waals surface area contributed by atoms with Crippen molar-refractivity contribution in [1.29, 1.82) is 5.26 Å². The number of piperazine rings is 1. The van der Waals surface area contributed by atoms with Crippen LogP contribution in [0.15, 0.2) is 18.2 Å². The van der Waals surface area contributed by atoms with Gasteiger partial charge in [0.05, 0.1) is 35.3 Å². The molecule has 0 radical (unpaired) electrons. The van der Waals surface area contributed by atoms with Crippen molar-refractivity contribution in [1.82, 2.24) is 9.80 Å². The van der Waals surface area contributed by atoms with E-state index in [1.807, 2.05) is 6.07 Å². The molecule has 13 heteroatoms. The molecule has 7 nitrogen and oxygen atoms in total. The summed E-state index contributed by atoms with van der Waals surface area (Å²) in [7, 11) is 0. The molecule has 3 aliphatic rings. The van der Waals surface area contributed by atoms with E-state index in [2.05, 4.69) is 0 Å². The Labute approximate surface area is 190 Å². The molecule has 2 bridgehead atoms. The van der Waals surface area contributed by atoms with E-state index in [0.29, 0.717) is 31.5 Å². The van der Waals surface area contributed by atoms with Gasteiger partial charge in [-0.25, -0.2) is 0 Å². The Morgan fingerprint density at radius 3 is 2.29 bits per heavy atom. The van der Waals surface area contributed by atoms with Gasteiger partial charge in [-0.1, -0.05) is 0 Å². The van der Waals surface area contributed by atoms with Gasteiger partial charge in [0, 0.05) is 25.3 Å². The Hall–Kier alpha value is -2.85. The first-order valence-corrected chi connectivity index (χ1v) is 10.6. The lowest BCUT2D eigenvalue weighted by Gasteiger charge is -2.35. The highest BCUT2D eigenvalue weighted by molar-refractivity contribution is 6.01. The van der Waals surface area contributed by atoms with Crippen LogP contribution in [0.25, 0.3) is 0 Å². The lowest BCUT2D eigenvalue weighted by Crippen LogP contribution is -2.56. The fourth-order valence-electron chi connectivity index (χ4n) is 4.99. The van der Waals surface area contributed by atoms with E-state index in [1.54, 1.807) is 4.90 Å². The van der Waals surface area contributed by atoms with Crippen LogP contribution in [0.3, 0.4) is 0 Å². The van der Waals surface area contributed by atoms with Crippen LogP contribution in [0, 0.1) is 11.3 Å². The van der Waals surface area contributed by atoms with Crippen molar-refractivity contribution >= 4 is 17.5 Å². The second-order valence-corrected chi connectivity index (χ2v) is 8.76. The molecule has 0 spiro atoms. The molecule has 34 heavy (non-hydrogen) atoms. The standard InChI is InChI=1S/C21H21F6N5O2/c22-20(23,24)11-4-12(21(25,26)27)6-14(5-11)32-15-7-17(19(32)34)30(9-15)10-16(29)18(33)31-3-1-2-13(31)8-28/h4-6,13,15-17H,1-3,7,9-10,29H2/t13-,15+,16-,17+/m0/s1. The van der Waals surface area contributed by atoms with Crippen LogP contribution < -0.4 is 10.6 Å². The third-order valence-corrected chi connectivity index (χ3v) is 6.55. The average molecular weight is 489 g/mol. The van der Waals surface area contributed by atoms with Crippen molar-refractivity contribution in [2.24, 2.45) is 5.73 Å². The number of fused-ring (bicyclic) bond motifs is 2. The van der Waals surface area contributed by atoms with Crippen molar-refractivity contribution in [3.05, 3.63) is 29.3 Å².